The zero-order valence-corrected chi connectivity index (χ0v) is 12.1. The molecule has 1 atom stereocenters. The molecule has 4 heteroatoms. The van der Waals surface area contributed by atoms with Gasteiger partial charge in [-0.25, -0.2) is 0 Å². The maximum Gasteiger partial charge on any atom is 0.179 e. The largest absolute Gasteiger partial charge is 0.311 e. The van der Waals surface area contributed by atoms with Crippen LogP contribution in [0, 0.1) is 34.1 Å². The molecule has 0 radical (unpaired) electrons. The fourth-order valence-electron chi connectivity index (χ4n) is 3.71. The van der Waals surface area contributed by atoms with Crippen LogP contribution in [0.1, 0.15) is 39.5 Å². The predicted molar refractivity (Wildman–Crippen MR) is 73.9 cm³/mol. The summed E-state index contributed by atoms with van der Waals surface area (Å²) >= 11 is 0. The molecule has 0 N–H and O–H groups in total. The standard InChI is InChI=1S/C15H24N4/c1-13(2)19-10-6-15(14(11-19)3-7-16)4-8-18(12-17)9-5-15/h13-14H,3-6,8-11H2,1-2H3/t14-/m0/s1. The van der Waals surface area contributed by atoms with E-state index in [2.05, 4.69) is 31.0 Å². The van der Waals surface area contributed by atoms with Crippen LogP contribution in [0.25, 0.3) is 0 Å². The average Bonchev–Trinajstić information content (AvgIpc) is 2.42. The number of nitrogens with zero attached hydrogens (tertiary/aromatic N) is 4. The minimum Gasteiger partial charge on any atom is -0.311 e. The molecule has 2 rings (SSSR count). The molecule has 0 saturated carbocycles. The molecule has 2 heterocycles. The second-order valence-electron chi connectivity index (χ2n) is 6.35. The highest BCUT2D eigenvalue weighted by molar-refractivity contribution is 5.00. The molecule has 0 amide bonds. The molecular weight excluding hydrogens is 236 g/mol. The second-order valence-corrected chi connectivity index (χ2v) is 6.35. The maximum atomic E-state index is 9.12. The van der Waals surface area contributed by atoms with E-state index < -0.39 is 0 Å². The molecule has 0 aromatic rings. The molecule has 0 bridgehead atoms. The van der Waals surface area contributed by atoms with Crippen molar-refractivity contribution in [1.29, 1.82) is 10.5 Å². The first-order valence-corrected chi connectivity index (χ1v) is 7.37. The van der Waals surface area contributed by atoms with Crippen molar-refractivity contribution in [3.05, 3.63) is 0 Å². The molecule has 0 aliphatic carbocycles. The van der Waals surface area contributed by atoms with E-state index in [1.807, 2.05) is 4.90 Å². The Labute approximate surface area is 116 Å². The Morgan fingerprint density at radius 3 is 2.32 bits per heavy atom. The van der Waals surface area contributed by atoms with Crippen LogP contribution in [0.5, 0.6) is 0 Å². The van der Waals surface area contributed by atoms with Crippen LogP contribution < -0.4 is 0 Å². The lowest BCUT2D eigenvalue weighted by Gasteiger charge is -2.51. The van der Waals surface area contributed by atoms with Crippen LogP contribution in [-0.4, -0.2) is 42.0 Å². The highest BCUT2D eigenvalue weighted by Crippen LogP contribution is 2.46. The minimum atomic E-state index is 0.314. The summed E-state index contributed by atoms with van der Waals surface area (Å²) in [5, 5.41) is 18.1. The van der Waals surface area contributed by atoms with Crippen LogP contribution in [0.3, 0.4) is 0 Å². The van der Waals surface area contributed by atoms with Gasteiger partial charge in [0.15, 0.2) is 6.19 Å². The SMILES string of the molecule is CC(C)N1CCC2(CCN(C#N)CC2)[C@@H](CC#N)C1. The first-order valence-electron chi connectivity index (χ1n) is 7.37. The Morgan fingerprint density at radius 2 is 1.79 bits per heavy atom. The summed E-state index contributed by atoms with van der Waals surface area (Å²) in [6, 6.07) is 2.96. The molecule has 104 valence electrons. The molecule has 2 fully saturated rings. The fourth-order valence-corrected chi connectivity index (χ4v) is 3.71. The molecule has 2 saturated heterocycles. The lowest BCUT2D eigenvalue weighted by molar-refractivity contribution is -0.0172. The summed E-state index contributed by atoms with van der Waals surface area (Å²) in [6.07, 6.45) is 6.28. The summed E-state index contributed by atoms with van der Waals surface area (Å²) in [5.41, 5.74) is 0.314. The van der Waals surface area contributed by atoms with Crippen LogP contribution in [0.15, 0.2) is 0 Å². The van der Waals surface area contributed by atoms with E-state index in [0.29, 0.717) is 23.8 Å². The van der Waals surface area contributed by atoms with Gasteiger partial charge in [0.1, 0.15) is 0 Å². The molecule has 0 aromatic heterocycles. The van der Waals surface area contributed by atoms with Gasteiger partial charge in [-0.2, -0.15) is 10.5 Å². The Bertz CT molecular complexity index is 382. The summed E-state index contributed by atoms with van der Waals surface area (Å²) in [5.74, 6) is 0.481. The number of piperidine rings is 2. The van der Waals surface area contributed by atoms with Gasteiger partial charge >= 0.3 is 0 Å². The lowest BCUT2D eigenvalue weighted by Crippen LogP contribution is -2.53. The molecule has 2 aliphatic rings. The summed E-state index contributed by atoms with van der Waals surface area (Å²) in [6.45, 7) is 8.42. The highest BCUT2D eigenvalue weighted by atomic mass is 15.2. The minimum absolute atomic E-state index is 0.314. The monoisotopic (exact) mass is 260 g/mol. The molecule has 4 nitrogen and oxygen atoms in total. The van der Waals surface area contributed by atoms with E-state index >= 15 is 0 Å². The summed E-state index contributed by atoms with van der Waals surface area (Å²) in [7, 11) is 0. The molecule has 0 aromatic carbocycles. The van der Waals surface area contributed by atoms with E-state index in [4.69, 9.17) is 10.5 Å². The van der Waals surface area contributed by atoms with Crippen LogP contribution in [-0.2, 0) is 0 Å². The number of rotatable bonds is 2. The number of likely N-dealkylation sites (tertiary alicyclic amines) is 2. The molecular formula is C15H24N4. The third-order valence-electron chi connectivity index (χ3n) is 5.19. The van der Waals surface area contributed by atoms with Gasteiger partial charge in [0.25, 0.3) is 0 Å². The van der Waals surface area contributed by atoms with Crippen LogP contribution >= 0.6 is 0 Å². The molecule has 2 aliphatic heterocycles. The number of hydrogen-bond acceptors (Lipinski definition) is 4. The van der Waals surface area contributed by atoms with Gasteiger partial charge in [-0.3, -0.25) is 0 Å². The van der Waals surface area contributed by atoms with Crippen LogP contribution in [0.2, 0.25) is 0 Å². The maximum absolute atomic E-state index is 9.12. The summed E-state index contributed by atoms with van der Waals surface area (Å²) < 4.78 is 0. The topological polar surface area (TPSA) is 54.1 Å². The van der Waals surface area contributed by atoms with Crippen molar-refractivity contribution in [2.24, 2.45) is 11.3 Å². The van der Waals surface area contributed by atoms with Crippen molar-refractivity contribution in [2.45, 2.75) is 45.6 Å². The van der Waals surface area contributed by atoms with Gasteiger partial charge in [0, 0.05) is 32.1 Å². The van der Waals surface area contributed by atoms with Crippen LogP contribution in [0.4, 0.5) is 0 Å². The number of nitriles is 2. The smallest absolute Gasteiger partial charge is 0.179 e. The van der Waals surface area contributed by atoms with E-state index in [0.717, 1.165) is 39.0 Å². The molecule has 0 unspecified atom stereocenters. The van der Waals surface area contributed by atoms with Gasteiger partial charge < -0.3 is 9.80 Å². The van der Waals surface area contributed by atoms with Crippen molar-refractivity contribution in [3.8, 4) is 12.3 Å². The highest BCUT2D eigenvalue weighted by Gasteiger charge is 2.44. The third-order valence-corrected chi connectivity index (χ3v) is 5.19. The number of hydrogen-bond donors (Lipinski definition) is 0. The van der Waals surface area contributed by atoms with Gasteiger partial charge in [-0.05, 0) is 51.0 Å². The Hall–Kier alpha value is -1.26. The molecule has 1 spiro atoms. The van der Waals surface area contributed by atoms with Crippen molar-refractivity contribution < 1.29 is 0 Å². The average molecular weight is 260 g/mol. The first-order chi connectivity index (χ1) is 9.11. The zero-order valence-electron chi connectivity index (χ0n) is 12.1. The van der Waals surface area contributed by atoms with Crippen molar-refractivity contribution in [2.75, 3.05) is 26.2 Å². The quantitative estimate of drug-likeness (QED) is 0.714. The second kappa shape index (κ2) is 5.80. The Morgan fingerprint density at radius 1 is 1.16 bits per heavy atom. The Kier molecular flexibility index (Phi) is 4.32. The molecule has 19 heavy (non-hydrogen) atoms. The normalized spacial score (nSPS) is 27.2. The fraction of sp³-hybridized carbons (Fsp3) is 0.867. The van der Waals surface area contributed by atoms with Crippen molar-refractivity contribution >= 4 is 0 Å². The van der Waals surface area contributed by atoms with Crippen molar-refractivity contribution in [3.63, 3.8) is 0 Å². The predicted octanol–water partition coefficient (Wildman–Crippen LogP) is 2.19. The zero-order chi connectivity index (χ0) is 13.9. The van der Waals surface area contributed by atoms with Gasteiger partial charge in [-0.1, -0.05) is 0 Å². The lowest BCUT2D eigenvalue weighted by atomic mass is 9.63. The van der Waals surface area contributed by atoms with Gasteiger partial charge in [0.05, 0.1) is 6.07 Å². The third kappa shape index (κ3) is 2.85. The first kappa shape index (κ1) is 14.2. The summed E-state index contributed by atoms with van der Waals surface area (Å²) in [4.78, 5) is 4.37. The van der Waals surface area contributed by atoms with Gasteiger partial charge in [0.2, 0.25) is 0 Å². The van der Waals surface area contributed by atoms with E-state index in [9.17, 15) is 0 Å². The van der Waals surface area contributed by atoms with Gasteiger partial charge in [-0.15, -0.1) is 0 Å². The van der Waals surface area contributed by atoms with E-state index in [1.165, 1.54) is 6.42 Å². The van der Waals surface area contributed by atoms with E-state index in [1.54, 1.807) is 0 Å². The Balaban J connectivity index is 2.08. The van der Waals surface area contributed by atoms with E-state index in [-0.39, 0.29) is 0 Å². The van der Waals surface area contributed by atoms with Crippen molar-refractivity contribution in [1.82, 2.24) is 9.80 Å².